The highest BCUT2D eigenvalue weighted by Gasteiger charge is 2.22. The lowest BCUT2D eigenvalue weighted by Crippen LogP contribution is -2.53. The van der Waals surface area contributed by atoms with Crippen LogP contribution in [0.5, 0.6) is 0 Å². The second-order valence-corrected chi connectivity index (χ2v) is 9.63. The van der Waals surface area contributed by atoms with E-state index in [1.165, 1.54) is 0 Å². The van der Waals surface area contributed by atoms with Crippen molar-refractivity contribution in [3.05, 3.63) is 35.2 Å². The van der Waals surface area contributed by atoms with Crippen LogP contribution < -0.4 is 15.4 Å². The monoisotopic (exact) mass is 526 g/mol. The highest BCUT2D eigenvalue weighted by atomic mass is 127. The van der Waals surface area contributed by atoms with Gasteiger partial charge in [0.15, 0.2) is 5.96 Å². The lowest BCUT2D eigenvalue weighted by molar-refractivity contribution is 0.184. The van der Waals surface area contributed by atoms with Crippen molar-refractivity contribution in [1.29, 1.82) is 0 Å². The second-order valence-electron chi connectivity index (χ2n) is 6.77. The molecule has 0 aliphatic heterocycles. The van der Waals surface area contributed by atoms with Crippen LogP contribution in [0.4, 0.5) is 0 Å². The molecule has 2 rings (SSSR count). The molecule has 0 aliphatic rings. The molecule has 0 saturated carbocycles. The summed E-state index contributed by atoms with van der Waals surface area (Å²) in [6.45, 7) is 4.20. The van der Waals surface area contributed by atoms with Crippen molar-refractivity contribution in [3.8, 4) is 0 Å². The van der Waals surface area contributed by atoms with E-state index < -0.39 is 21.7 Å². The molecule has 10 heteroatoms. The summed E-state index contributed by atoms with van der Waals surface area (Å²) in [5, 5.41) is 17.7. The number of rotatable bonds is 7. The number of hydrogen-bond donors (Lipinski definition) is 4. The minimum Gasteiger partial charge on any atom is -0.386 e. The molecular formula is C17H27IN4O3S2. The molecule has 7 nitrogen and oxygen atoms in total. The van der Waals surface area contributed by atoms with Crippen molar-refractivity contribution < 1.29 is 13.5 Å². The third-order valence-corrected chi connectivity index (χ3v) is 5.76. The largest absolute Gasteiger partial charge is 0.386 e. The zero-order chi connectivity index (χ0) is 19.4. The van der Waals surface area contributed by atoms with Crippen LogP contribution in [0.25, 0.3) is 10.1 Å². The van der Waals surface area contributed by atoms with Gasteiger partial charge in [-0.1, -0.05) is 18.2 Å². The molecule has 1 heterocycles. The van der Waals surface area contributed by atoms with Gasteiger partial charge < -0.3 is 15.7 Å². The molecule has 0 fully saturated rings. The fourth-order valence-electron chi connectivity index (χ4n) is 2.52. The molecule has 0 amide bonds. The first kappa shape index (κ1) is 24.1. The maximum absolute atomic E-state index is 11.4. The number of sulfonamides is 1. The molecule has 1 unspecified atom stereocenters. The molecule has 1 atom stereocenters. The number of fused-ring (bicyclic) bond motifs is 1. The maximum Gasteiger partial charge on any atom is 0.209 e. The van der Waals surface area contributed by atoms with Gasteiger partial charge >= 0.3 is 0 Å². The van der Waals surface area contributed by atoms with Gasteiger partial charge in [-0.25, -0.2) is 13.1 Å². The minimum absolute atomic E-state index is 0. The van der Waals surface area contributed by atoms with E-state index >= 15 is 0 Å². The van der Waals surface area contributed by atoms with E-state index in [9.17, 15) is 13.5 Å². The molecule has 1 aromatic carbocycles. The Morgan fingerprint density at radius 2 is 1.96 bits per heavy atom. The minimum atomic E-state index is -3.30. The van der Waals surface area contributed by atoms with Crippen molar-refractivity contribution in [2.45, 2.75) is 25.5 Å². The summed E-state index contributed by atoms with van der Waals surface area (Å²) in [7, 11) is -1.68. The number of nitrogens with zero attached hydrogens (tertiary/aromatic N) is 1. The molecule has 0 bridgehead atoms. The predicted molar refractivity (Wildman–Crippen MR) is 124 cm³/mol. The molecular weight excluding hydrogens is 499 g/mol. The van der Waals surface area contributed by atoms with E-state index in [1.807, 2.05) is 30.3 Å². The average molecular weight is 526 g/mol. The SMILES string of the molecule is CN=C(NCC(O)c1cc2ccccc2s1)NCC(C)(C)NS(C)(=O)=O.I. The zero-order valence-corrected chi connectivity index (χ0v) is 19.8. The van der Waals surface area contributed by atoms with Crippen molar-refractivity contribution in [1.82, 2.24) is 15.4 Å². The number of halogens is 1. The zero-order valence-electron chi connectivity index (χ0n) is 15.8. The van der Waals surface area contributed by atoms with Crippen LogP contribution >= 0.6 is 35.3 Å². The fraction of sp³-hybridized carbons (Fsp3) is 0.471. The third kappa shape index (κ3) is 7.90. The molecule has 0 saturated heterocycles. The summed E-state index contributed by atoms with van der Waals surface area (Å²) in [5.41, 5.74) is -0.671. The number of aliphatic hydroxyl groups excluding tert-OH is 1. The Kier molecular flexibility index (Phi) is 8.93. The molecule has 4 N–H and O–H groups in total. The van der Waals surface area contributed by atoms with Gasteiger partial charge in [-0.05, 0) is 31.4 Å². The van der Waals surface area contributed by atoms with E-state index in [1.54, 1.807) is 32.2 Å². The molecule has 27 heavy (non-hydrogen) atoms. The van der Waals surface area contributed by atoms with E-state index in [-0.39, 0.29) is 24.0 Å². The molecule has 1 aromatic heterocycles. The van der Waals surface area contributed by atoms with Crippen LogP contribution in [0, 0.1) is 0 Å². The van der Waals surface area contributed by atoms with Gasteiger partial charge in [0, 0.05) is 35.3 Å². The average Bonchev–Trinajstić information content (AvgIpc) is 2.96. The summed E-state index contributed by atoms with van der Waals surface area (Å²) < 4.78 is 26.5. The molecule has 2 aromatic rings. The van der Waals surface area contributed by atoms with Crippen molar-refractivity contribution in [2.75, 3.05) is 26.4 Å². The van der Waals surface area contributed by atoms with Crippen LogP contribution in [0.1, 0.15) is 24.8 Å². The summed E-state index contributed by atoms with van der Waals surface area (Å²) >= 11 is 1.56. The van der Waals surface area contributed by atoms with Gasteiger partial charge in [0.25, 0.3) is 0 Å². The van der Waals surface area contributed by atoms with Gasteiger partial charge in [-0.2, -0.15) is 0 Å². The Balaban J connectivity index is 0.00000364. The van der Waals surface area contributed by atoms with Crippen LogP contribution in [0.2, 0.25) is 0 Å². The number of aliphatic hydroxyl groups is 1. The number of aliphatic imine (C=N–C) groups is 1. The summed E-state index contributed by atoms with van der Waals surface area (Å²) in [4.78, 5) is 4.99. The summed E-state index contributed by atoms with van der Waals surface area (Å²) in [6, 6.07) is 9.99. The van der Waals surface area contributed by atoms with Crippen LogP contribution in [-0.4, -0.2) is 51.4 Å². The van der Waals surface area contributed by atoms with Crippen molar-refractivity contribution in [2.24, 2.45) is 4.99 Å². The van der Waals surface area contributed by atoms with Gasteiger partial charge in [-0.15, -0.1) is 35.3 Å². The lowest BCUT2D eigenvalue weighted by Gasteiger charge is -2.26. The topological polar surface area (TPSA) is 103 Å². The van der Waals surface area contributed by atoms with Crippen molar-refractivity contribution >= 4 is 61.4 Å². The van der Waals surface area contributed by atoms with E-state index in [4.69, 9.17) is 0 Å². The molecule has 0 spiro atoms. The Bertz CT molecular complexity index is 848. The fourth-order valence-corrected chi connectivity index (χ4v) is 4.65. The standard InChI is InChI=1S/C17H26N4O3S2.HI/c1-17(2,21-26(4,23)24)11-20-16(18-3)19-10-13(22)15-9-12-7-5-6-8-14(12)25-15;/h5-9,13,21-22H,10-11H2,1-4H3,(H2,18,19,20);1H. The quantitative estimate of drug-likeness (QED) is 0.251. The van der Waals surface area contributed by atoms with Crippen molar-refractivity contribution in [3.63, 3.8) is 0 Å². The van der Waals surface area contributed by atoms with Gasteiger partial charge in [0.1, 0.15) is 6.10 Å². The summed E-state index contributed by atoms with van der Waals surface area (Å²) in [5.74, 6) is 0.494. The Labute approximate surface area is 181 Å². The van der Waals surface area contributed by atoms with E-state index in [0.717, 1.165) is 21.2 Å². The summed E-state index contributed by atoms with van der Waals surface area (Å²) in [6.07, 6.45) is 0.469. The molecule has 152 valence electrons. The predicted octanol–water partition coefficient (Wildman–Crippen LogP) is 2.05. The van der Waals surface area contributed by atoms with Gasteiger partial charge in [-0.3, -0.25) is 4.99 Å². The smallest absolute Gasteiger partial charge is 0.209 e. The first-order valence-corrected chi connectivity index (χ1v) is 10.9. The first-order chi connectivity index (χ1) is 12.1. The first-order valence-electron chi connectivity index (χ1n) is 8.20. The Morgan fingerprint density at radius 1 is 1.30 bits per heavy atom. The highest BCUT2D eigenvalue weighted by molar-refractivity contribution is 14.0. The van der Waals surface area contributed by atoms with E-state index in [0.29, 0.717) is 19.0 Å². The maximum atomic E-state index is 11.4. The molecule has 0 radical (unpaired) electrons. The van der Waals surface area contributed by atoms with Crippen LogP contribution in [-0.2, 0) is 10.0 Å². The van der Waals surface area contributed by atoms with Gasteiger partial charge in [0.2, 0.25) is 10.0 Å². The lowest BCUT2D eigenvalue weighted by atomic mass is 10.1. The number of guanidine groups is 1. The van der Waals surface area contributed by atoms with Gasteiger partial charge in [0.05, 0.1) is 6.26 Å². The number of hydrogen-bond acceptors (Lipinski definition) is 5. The number of nitrogens with one attached hydrogen (secondary N) is 3. The van der Waals surface area contributed by atoms with Crippen LogP contribution in [0.3, 0.4) is 0 Å². The van der Waals surface area contributed by atoms with E-state index in [2.05, 4.69) is 20.3 Å². The molecule has 0 aliphatic carbocycles. The highest BCUT2D eigenvalue weighted by Crippen LogP contribution is 2.29. The number of benzene rings is 1. The number of thiophene rings is 1. The Morgan fingerprint density at radius 3 is 2.56 bits per heavy atom. The second kappa shape index (κ2) is 10.0. The van der Waals surface area contributed by atoms with Crippen LogP contribution in [0.15, 0.2) is 35.3 Å². The third-order valence-electron chi connectivity index (χ3n) is 3.62. The normalized spacial score (nSPS) is 13.9. The Hall–Kier alpha value is -0.950.